The van der Waals surface area contributed by atoms with Crippen LogP contribution in [-0.2, 0) is 10.8 Å². The number of esters is 2. The molecule has 0 heterocycles. The Balaban J connectivity index is 1.01. The van der Waals surface area contributed by atoms with Crippen LogP contribution in [0.5, 0.6) is 46.0 Å². The molecule has 57 heavy (non-hydrogen) atoms. The van der Waals surface area contributed by atoms with Crippen molar-refractivity contribution in [2.24, 2.45) is 0 Å². The maximum atomic E-state index is 12.8. The summed E-state index contributed by atoms with van der Waals surface area (Å²) in [6.07, 6.45) is 3.02. The van der Waals surface area contributed by atoms with Gasteiger partial charge in [-0.3, -0.25) is 0 Å². The zero-order valence-electron chi connectivity index (χ0n) is 32.7. The van der Waals surface area contributed by atoms with Gasteiger partial charge < -0.3 is 28.4 Å². The maximum Gasteiger partial charge on any atom is 0.343 e. The van der Waals surface area contributed by atoms with E-state index >= 15 is 0 Å². The summed E-state index contributed by atoms with van der Waals surface area (Å²) in [5, 5.41) is 0. The number of benzene rings is 6. The molecule has 6 aromatic carbocycles. The fourth-order valence-corrected chi connectivity index (χ4v) is 8.26. The minimum Gasteiger partial charge on any atom is -0.497 e. The Kier molecular flexibility index (Phi) is 9.96. The van der Waals surface area contributed by atoms with E-state index < -0.39 is 11.9 Å². The van der Waals surface area contributed by atoms with Crippen LogP contribution in [0.2, 0.25) is 0 Å². The molecule has 1 spiro atoms. The van der Waals surface area contributed by atoms with Crippen LogP contribution in [0.25, 0.3) is 0 Å². The summed E-state index contributed by atoms with van der Waals surface area (Å²) in [7, 11) is 3.17. The second-order valence-electron chi connectivity index (χ2n) is 15.4. The predicted octanol–water partition coefficient (Wildman–Crippen LogP) is 11.6. The van der Waals surface area contributed by atoms with Gasteiger partial charge in [-0.2, -0.15) is 0 Å². The first kappa shape index (κ1) is 37.4. The summed E-state index contributed by atoms with van der Waals surface area (Å²) in [6.45, 7) is 6.95. The lowest BCUT2D eigenvalue weighted by atomic mass is 9.59. The molecule has 0 aliphatic heterocycles. The maximum absolute atomic E-state index is 12.8. The average molecular weight is 761 g/mol. The highest BCUT2D eigenvalue weighted by Crippen LogP contribution is 2.59. The third-order valence-corrected chi connectivity index (χ3v) is 11.3. The molecule has 6 aromatic rings. The van der Waals surface area contributed by atoms with Crippen LogP contribution in [0.15, 0.2) is 133 Å². The molecule has 0 fully saturated rings. The highest BCUT2D eigenvalue weighted by atomic mass is 16.5. The van der Waals surface area contributed by atoms with Crippen molar-refractivity contribution >= 4 is 11.9 Å². The molecule has 8 heteroatoms. The molecule has 0 bridgehead atoms. The second-order valence-corrected chi connectivity index (χ2v) is 15.4. The van der Waals surface area contributed by atoms with Gasteiger partial charge in [0, 0.05) is 5.41 Å². The Hall–Kier alpha value is -6.54. The van der Waals surface area contributed by atoms with Gasteiger partial charge in [-0.1, -0.05) is 32.9 Å². The number of fused-ring (bicyclic) bond motifs is 4. The van der Waals surface area contributed by atoms with Gasteiger partial charge in [-0.25, -0.2) is 9.59 Å². The highest BCUT2D eigenvalue weighted by molar-refractivity contribution is 5.91. The first-order chi connectivity index (χ1) is 27.5. The molecule has 2 aliphatic rings. The molecule has 0 amide bonds. The fourth-order valence-electron chi connectivity index (χ4n) is 8.26. The summed E-state index contributed by atoms with van der Waals surface area (Å²) < 4.78 is 34.4. The number of hydrogen-bond acceptors (Lipinski definition) is 8. The van der Waals surface area contributed by atoms with E-state index in [1.807, 2.05) is 24.3 Å². The number of carbonyl (C=O) groups is 2. The Morgan fingerprint density at radius 3 is 1.44 bits per heavy atom. The Bertz CT molecular complexity index is 2420. The highest BCUT2D eigenvalue weighted by Gasteiger charge is 2.49. The summed E-state index contributed by atoms with van der Waals surface area (Å²) in [5.74, 6) is 4.42. The van der Waals surface area contributed by atoms with Crippen molar-refractivity contribution in [1.29, 1.82) is 0 Å². The Labute approximate surface area is 332 Å². The molecule has 0 aromatic heterocycles. The molecule has 2 aliphatic carbocycles. The third-order valence-electron chi connectivity index (χ3n) is 11.3. The van der Waals surface area contributed by atoms with E-state index in [1.54, 1.807) is 99.1 Å². The zero-order chi connectivity index (χ0) is 39.7. The van der Waals surface area contributed by atoms with Gasteiger partial charge >= 0.3 is 11.9 Å². The van der Waals surface area contributed by atoms with Gasteiger partial charge in [0.25, 0.3) is 0 Å². The van der Waals surface area contributed by atoms with Crippen LogP contribution in [-0.4, -0.2) is 26.2 Å². The van der Waals surface area contributed by atoms with Crippen LogP contribution < -0.4 is 28.4 Å². The molecule has 0 saturated carbocycles. The topological polar surface area (TPSA) is 89.5 Å². The van der Waals surface area contributed by atoms with E-state index in [0.29, 0.717) is 51.5 Å². The second kappa shape index (κ2) is 15.2. The molecule has 8 nitrogen and oxygen atoms in total. The molecule has 288 valence electrons. The first-order valence-corrected chi connectivity index (χ1v) is 19.1. The standard InChI is InChI=1S/C49H44O8/c1-31-30-49(44-28-40(22-24-42(31)44)54-36-12-8-33(9-13-36)47(51)56-38-16-14-35(53-5)15-17-38)27-26-48(2,3)43-25-23-41(29-45(43)49)55-37-18-20-39(21-19-37)57-46(50)32-6-10-34(52-4)11-7-32/h6-25,28-29,31H,26-27,30H2,1-5H3. The molecule has 2 atom stereocenters. The van der Waals surface area contributed by atoms with E-state index in [1.165, 1.54) is 22.3 Å². The third kappa shape index (κ3) is 7.55. The van der Waals surface area contributed by atoms with Crippen LogP contribution in [0.4, 0.5) is 0 Å². The summed E-state index contributed by atoms with van der Waals surface area (Å²) >= 11 is 0. The van der Waals surface area contributed by atoms with E-state index in [4.69, 9.17) is 28.4 Å². The van der Waals surface area contributed by atoms with Gasteiger partial charge in [0.15, 0.2) is 0 Å². The van der Waals surface area contributed by atoms with Crippen LogP contribution in [0.3, 0.4) is 0 Å². The van der Waals surface area contributed by atoms with Crippen LogP contribution in [0, 0.1) is 0 Å². The van der Waals surface area contributed by atoms with E-state index in [-0.39, 0.29) is 10.8 Å². The number of carbonyl (C=O) groups excluding carboxylic acids is 2. The molecule has 0 N–H and O–H groups in total. The van der Waals surface area contributed by atoms with Gasteiger partial charge in [0.05, 0.1) is 25.3 Å². The van der Waals surface area contributed by atoms with Crippen molar-refractivity contribution in [3.8, 4) is 46.0 Å². The van der Waals surface area contributed by atoms with Crippen molar-refractivity contribution in [3.63, 3.8) is 0 Å². The van der Waals surface area contributed by atoms with Gasteiger partial charge in [0.2, 0.25) is 0 Å². The molecular weight excluding hydrogens is 717 g/mol. The Morgan fingerprint density at radius 2 is 0.912 bits per heavy atom. The van der Waals surface area contributed by atoms with Crippen molar-refractivity contribution < 1.29 is 38.0 Å². The largest absolute Gasteiger partial charge is 0.497 e. The lowest BCUT2D eigenvalue weighted by Crippen LogP contribution is -2.37. The number of ether oxygens (including phenoxy) is 6. The van der Waals surface area contributed by atoms with Crippen LogP contribution in [0.1, 0.15) is 88.9 Å². The van der Waals surface area contributed by atoms with Crippen molar-refractivity contribution in [2.45, 2.75) is 56.8 Å². The number of hydrogen-bond donors (Lipinski definition) is 0. The van der Waals surface area contributed by atoms with E-state index in [0.717, 1.165) is 30.8 Å². The number of methoxy groups -OCH3 is 2. The van der Waals surface area contributed by atoms with E-state index in [2.05, 4.69) is 45.0 Å². The summed E-state index contributed by atoms with van der Waals surface area (Å²) in [4.78, 5) is 25.5. The van der Waals surface area contributed by atoms with E-state index in [9.17, 15) is 9.59 Å². The quantitative estimate of drug-likeness (QED) is 0.101. The lowest BCUT2D eigenvalue weighted by molar-refractivity contribution is 0.0725. The smallest absolute Gasteiger partial charge is 0.343 e. The minimum absolute atomic E-state index is 0.00903. The summed E-state index contributed by atoms with van der Waals surface area (Å²) in [6, 6.07) is 40.7. The Morgan fingerprint density at radius 1 is 0.491 bits per heavy atom. The van der Waals surface area contributed by atoms with Gasteiger partial charge in [0.1, 0.15) is 46.0 Å². The monoisotopic (exact) mass is 760 g/mol. The molecule has 0 saturated heterocycles. The first-order valence-electron chi connectivity index (χ1n) is 19.1. The average Bonchev–Trinajstić information content (AvgIpc) is 3.51. The number of rotatable bonds is 10. The normalized spacial score (nSPS) is 17.5. The summed E-state index contributed by atoms with van der Waals surface area (Å²) in [5.41, 5.74) is 5.85. The van der Waals surface area contributed by atoms with Crippen LogP contribution >= 0.6 is 0 Å². The molecule has 2 unspecified atom stereocenters. The van der Waals surface area contributed by atoms with Gasteiger partial charge in [-0.15, -0.1) is 0 Å². The zero-order valence-corrected chi connectivity index (χ0v) is 32.7. The predicted molar refractivity (Wildman–Crippen MR) is 218 cm³/mol. The SMILES string of the molecule is COc1ccc(OC(=O)c2ccc(Oc3ccc4c(c3)C3(CCC(C)(C)c5ccc(Oc6ccc(OC(=O)c7ccc(OC)cc7)cc6)cc53)CC4C)cc2)cc1. The molecule has 8 rings (SSSR count). The van der Waals surface area contributed by atoms with Crippen molar-refractivity contribution in [3.05, 3.63) is 167 Å². The van der Waals surface area contributed by atoms with Gasteiger partial charge in [-0.05, 0) is 174 Å². The van der Waals surface area contributed by atoms with Crippen molar-refractivity contribution in [2.75, 3.05) is 14.2 Å². The fraction of sp³-hybridized carbons (Fsp3) is 0.224. The molecule has 0 radical (unpaired) electrons. The lowest BCUT2D eigenvalue weighted by Gasteiger charge is -2.44. The van der Waals surface area contributed by atoms with Crippen molar-refractivity contribution in [1.82, 2.24) is 0 Å². The minimum atomic E-state index is -0.453. The molecular formula is C49H44O8.